The summed E-state index contributed by atoms with van der Waals surface area (Å²) in [6, 6.07) is 12.7. The Morgan fingerprint density at radius 1 is 1.06 bits per heavy atom. The molecule has 1 aliphatic rings. The number of carbonyl (C=O) groups excluding carboxylic acids is 1. The van der Waals surface area contributed by atoms with E-state index in [0.29, 0.717) is 13.1 Å². The van der Waals surface area contributed by atoms with Crippen LogP contribution in [0.2, 0.25) is 0 Å². The number of benzene rings is 2. The summed E-state index contributed by atoms with van der Waals surface area (Å²) in [4.78, 5) is 19.2. The highest BCUT2D eigenvalue weighted by atomic mass is 19.1. The molecule has 0 aliphatic carbocycles. The number of hydrogen-bond donors (Lipinski definition) is 2. The molecule has 1 aliphatic heterocycles. The van der Waals surface area contributed by atoms with Gasteiger partial charge in [-0.3, -0.25) is 4.79 Å². The standard InChI is InChI=1S/C25H33FN4O/c1-3-27-25(28-14-13-21-11-12-23(26)17-19(21)2)29-18-20-7-9-22(10-8-20)24(31)30-15-5-4-6-16-30/h7-12,17H,3-6,13-16,18H2,1-2H3,(H2,27,28,29). The molecule has 2 aromatic rings. The summed E-state index contributed by atoms with van der Waals surface area (Å²) in [5.74, 6) is 0.671. The van der Waals surface area contributed by atoms with Gasteiger partial charge in [-0.2, -0.15) is 0 Å². The number of carbonyl (C=O) groups is 1. The Bertz CT molecular complexity index is 889. The molecule has 1 fully saturated rings. The van der Waals surface area contributed by atoms with Gasteiger partial charge < -0.3 is 15.5 Å². The van der Waals surface area contributed by atoms with Crippen molar-refractivity contribution >= 4 is 11.9 Å². The minimum Gasteiger partial charge on any atom is -0.357 e. The molecule has 31 heavy (non-hydrogen) atoms. The maximum atomic E-state index is 13.3. The van der Waals surface area contributed by atoms with Crippen LogP contribution in [0.1, 0.15) is 53.2 Å². The molecule has 1 amide bonds. The van der Waals surface area contributed by atoms with Crippen LogP contribution in [0.5, 0.6) is 0 Å². The first-order valence-electron chi connectivity index (χ1n) is 11.2. The molecule has 0 atom stereocenters. The van der Waals surface area contributed by atoms with E-state index in [4.69, 9.17) is 0 Å². The number of guanidine groups is 1. The van der Waals surface area contributed by atoms with Crippen molar-refractivity contribution in [3.05, 3.63) is 70.5 Å². The number of hydrogen-bond acceptors (Lipinski definition) is 2. The number of likely N-dealkylation sites (tertiary alicyclic amines) is 1. The molecular formula is C25H33FN4O. The number of halogens is 1. The van der Waals surface area contributed by atoms with Gasteiger partial charge in [0.05, 0.1) is 6.54 Å². The van der Waals surface area contributed by atoms with E-state index < -0.39 is 0 Å². The van der Waals surface area contributed by atoms with Crippen molar-refractivity contribution in [1.82, 2.24) is 15.5 Å². The Morgan fingerprint density at radius 3 is 2.48 bits per heavy atom. The zero-order chi connectivity index (χ0) is 22.1. The van der Waals surface area contributed by atoms with Gasteiger partial charge in [-0.25, -0.2) is 9.38 Å². The minimum absolute atomic E-state index is 0.126. The first-order chi connectivity index (χ1) is 15.1. The van der Waals surface area contributed by atoms with Gasteiger partial charge in [-0.05, 0) is 80.5 Å². The van der Waals surface area contributed by atoms with E-state index >= 15 is 0 Å². The minimum atomic E-state index is -0.201. The Hall–Kier alpha value is -2.89. The number of aliphatic imine (C=N–C) groups is 1. The Balaban J connectivity index is 1.53. The molecular weight excluding hydrogens is 391 g/mol. The van der Waals surface area contributed by atoms with E-state index in [2.05, 4.69) is 15.6 Å². The summed E-state index contributed by atoms with van der Waals surface area (Å²) in [5, 5.41) is 6.59. The molecule has 2 aromatic carbocycles. The molecule has 0 bridgehead atoms. The average Bonchev–Trinajstić information content (AvgIpc) is 2.79. The zero-order valence-corrected chi connectivity index (χ0v) is 18.6. The number of nitrogens with one attached hydrogen (secondary N) is 2. The monoisotopic (exact) mass is 424 g/mol. The first-order valence-corrected chi connectivity index (χ1v) is 11.2. The van der Waals surface area contributed by atoms with E-state index in [0.717, 1.165) is 67.1 Å². The molecule has 0 spiro atoms. The van der Waals surface area contributed by atoms with Crippen LogP contribution in [0.4, 0.5) is 4.39 Å². The summed E-state index contributed by atoms with van der Waals surface area (Å²) < 4.78 is 13.3. The number of aryl methyl sites for hydroxylation is 1. The van der Waals surface area contributed by atoms with Crippen molar-refractivity contribution in [3.63, 3.8) is 0 Å². The lowest BCUT2D eigenvalue weighted by molar-refractivity contribution is 0.0724. The van der Waals surface area contributed by atoms with Crippen LogP contribution < -0.4 is 10.6 Å². The summed E-state index contributed by atoms with van der Waals surface area (Å²) in [5.41, 5.74) is 3.89. The summed E-state index contributed by atoms with van der Waals surface area (Å²) in [7, 11) is 0. The Kier molecular flexibility index (Phi) is 8.44. The van der Waals surface area contributed by atoms with E-state index in [1.165, 1.54) is 12.5 Å². The number of amides is 1. The highest BCUT2D eigenvalue weighted by molar-refractivity contribution is 5.94. The lowest BCUT2D eigenvalue weighted by Gasteiger charge is -2.26. The third-order valence-electron chi connectivity index (χ3n) is 5.60. The molecule has 0 radical (unpaired) electrons. The lowest BCUT2D eigenvalue weighted by Crippen LogP contribution is -2.38. The second-order valence-electron chi connectivity index (χ2n) is 7.99. The van der Waals surface area contributed by atoms with Crippen molar-refractivity contribution in [2.75, 3.05) is 26.2 Å². The van der Waals surface area contributed by atoms with Gasteiger partial charge in [0.2, 0.25) is 0 Å². The van der Waals surface area contributed by atoms with Gasteiger partial charge in [0, 0.05) is 31.7 Å². The molecule has 166 valence electrons. The second kappa shape index (κ2) is 11.5. The molecule has 0 saturated carbocycles. The largest absolute Gasteiger partial charge is 0.357 e. The van der Waals surface area contributed by atoms with Crippen LogP contribution in [0.25, 0.3) is 0 Å². The second-order valence-corrected chi connectivity index (χ2v) is 7.99. The summed E-state index contributed by atoms with van der Waals surface area (Å²) >= 11 is 0. The molecule has 1 saturated heterocycles. The molecule has 3 rings (SSSR count). The molecule has 6 heteroatoms. The average molecular weight is 425 g/mol. The van der Waals surface area contributed by atoms with Gasteiger partial charge in [0.15, 0.2) is 5.96 Å². The van der Waals surface area contributed by atoms with E-state index in [1.54, 1.807) is 6.07 Å². The van der Waals surface area contributed by atoms with Gasteiger partial charge in [-0.1, -0.05) is 18.2 Å². The van der Waals surface area contributed by atoms with Crippen LogP contribution >= 0.6 is 0 Å². The van der Waals surface area contributed by atoms with Crippen LogP contribution in [0.15, 0.2) is 47.5 Å². The fourth-order valence-electron chi connectivity index (χ4n) is 3.80. The highest BCUT2D eigenvalue weighted by Crippen LogP contribution is 2.14. The lowest BCUT2D eigenvalue weighted by atomic mass is 10.1. The SMILES string of the molecule is CCNC(=NCc1ccc(C(=O)N2CCCCC2)cc1)NCCc1ccc(F)cc1C. The van der Waals surface area contributed by atoms with E-state index in [1.807, 2.05) is 49.1 Å². The molecule has 5 nitrogen and oxygen atoms in total. The maximum absolute atomic E-state index is 13.3. The normalized spacial score (nSPS) is 14.4. The third kappa shape index (κ3) is 6.81. The Morgan fingerprint density at radius 2 is 1.81 bits per heavy atom. The quantitative estimate of drug-likeness (QED) is 0.521. The van der Waals surface area contributed by atoms with Gasteiger partial charge in [-0.15, -0.1) is 0 Å². The topological polar surface area (TPSA) is 56.7 Å². The van der Waals surface area contributed by atoms with Crippen molar-refractivity contribution < 1.29 is 9.18 Å². The fourth-order valence-corrected chi connectivity index (χ4v) is 3.80. The van der Waals surface area contributed by atoms with Crippen LogP contribution in [-0.4, -0.2) is 42.9 Å². The van der Waals surface area contributed by atoms with Crippen molar-refractivity contribution in [2.45, 2.75) is 46.1 Å². The predicted molar refractivity (Wildman–Crippen MR) is 124 cm³/mol. The molecule has 2 N–H and O–H groups in total. The van der Waals surface area contributed by atoms with Gasteiger partial charge >= 0.3 is 0 Å². The Labute approximate surface area is 184 Å². The predicted octanol–water partition coefficient (Wildman–Crippen LogP) is 4.06. The van der Waals surface area contributed by atoms with Gasteiger partial charge in [0.25, 0.3) is 5.91 Å². The number of piperidine rings is 1. The summed E-state index contributed by atoms with van der Waals surface area (Å²) in [6.07, 6.45) is 4.20. The third-order valence-corrected chi connectivity index (χ3v) is 5.60. The van der Waals surface area contributed by atoms with Crippen LogP contribution in [0, 0.1) is 12.7 Å². The van der Waals surface area contributed by atoms with Gasteiger partial charge in [0.1, 0.15) is 5.82 Å². The zero-order valence-electron chi connectivity index (χ0n) is 18.6. The first kappa shape index (κ1) is 22.8. The van der Waals surface area contributed by atoms with E-state index in [9.17, 15) is 9.18 Å². The number of rotatable bonds is 7. The maximum Gasteiger partial charge on any atom is 0.253 e. The van der Waals surface area contributed by atoms with Crippen molar-refractivity contribution in [2.24, 2.45) is 4.99 Å². The smallest absolute Gasteiger partial charge is 0.253 e. The fraction of sp³-hybridized carbons (Fsp3) is 0.440. The molecule has 1 heterocycles. The van der Waals surface area contributed by atoms with Crippen molar-refractivity contribution in [3.8, 4) is 0 Å². The molecule has 0 aromatic heterocycles. The highest BCUT2D eigenvalue weighted by Gasteiger charge is 2.17. The summed E-state index contributed by atoms with van der Waals surface area (Å²) in [6.45, 7) is 7.69. The van der Waals surface area contributed by atoms with E-state index in [-0.39, 0.29) is 11.7 Å². The van der Waals surface area contributed by atoms with Crippen LogP contribution in [-0.2, 0) is 13.0 Å². The van der Waals surface area contributed by atoms with Crippen molar-refractivity contribution in [1.29, 1.82) is 0 Å². The molecule has 0 unspecified atom stereocenters. The van der Waals surface area contributed by atoms with Crippen LogP contribution in [0.3, 0.4) is 0 Å². The number of nitrogens with zero attached hydrogens (tertiary/aromatic N) is 2.